The van der Waals surface area contributed by atoms with Crippen LogP contribution < -0.4 is 5.32 Å². The summed E-state index contributed by atoms with van der Waals surface area (Å²) in [6.45, 7) is 1.38. The van der Waals surface area contributed by atoms with Crippen LogP contribution in [0.5, 0.6) is 5.75 Å². The Morgan fingerprint density at radius 3 is 2.75 bits per heavy atom. The second-order valence-electron chi connectivity index (χ2n) is 5.60. The standard InChI is InChI=1S/C19H17N3OS/c23-19-14(5-3-7-17(19)22-10-4-9-21-22)11-20-12-15-13-24-18-8-2-1-6-16(15)18/h1-10,13,20,23H,11-12H2. The van der Waals surface area contributed by atoms with Crippen molar-refractivity contribution in [3.63, 3.8) is 0 Å². The Labute approximate surface area is 144 Å². The summed E-state index contributed by atoms with van der Waals surface area (Å²) in [6, 6.07) is 16.0. The smallest absolute Gasteiger partial charge is 0.145 e. The number of phenols is 1. The summed E-state index contributed by atoms with van der Waals surface area (Å²) in [5.74, 6) is 0.267. The minimum atomic E-state index is 0.267. The second-order valence-corrected chi connectivity index (χ2v) is 6.51. The highest BCUT2D eigenvalue weighted by Crippen LogP contribution is 2.27. The molecule has 0 radical (unpaired) electrons. The maximum absolute atomic E-state index is 10.5. The zero-order valence-corrected chi connectivity index (χ0v) is 13.8. The predicted molar refractivity (Wildman–Crippen MR) is 97.6 cm³/mol. The highest BCUT2D eigenvalue weighted by molar-refractivity contribution is 7.17. The Morgan fingerprint density at radius 2 is 1.88 bits per heavy atom. The molecule has 120 valence electrons. The van der Waals surface area contributed by atoms with Gasteiger partial charge >= 0.3 is 0 Å². The van der Waals surface area contributed by atoms with Gasteiger partial charge in [-0.3, -0.25) is 0 Å². The predicted octanol–water partition coefficient (Wildman–Crippen LogP) is 4.08. The molecule has 0 spiro atoms. The van der Waals surface area contributed by atoms with Crippen LogP contribution in [-0.4, -0.2) is 14.9 Å². The number of hydrogen-bond donors (Lipinski definition) is 2. The number of nitrogens with zero attached hydrogens (tertiary/aromatic N) is 2. The van der Waals surface area contributed by atoms with Crippen molar-refractivity contribution in [2.45, 2.75) is 13.1 Å². The lowest BCUT2D eigenvalue weighted by atomic mass is 10.1. The van der Waals surface area contributed by atoms with Gasteiger partial charge in [-0.2, -0.15) is 5.10 Å². The van der Waals surface area contributed by atoms with E-state index in [0.29, 0.717) is 12.2 Å². The van der Waals surface area contributed by atoms with E-state index in [9.17, 15) is 5.11 Å². The Bertz CT molecular complexity index is 960. The summed E-state index contributed by atoms with van der Waals surface area (Å²) < 4.78 is 2.98. The molecule has 0 amide bonds. The molecule has 4 aromatic rings. The number of thiophene rings is 1. The average Bonchev–Trinajstić information content (AvgIpc) is 3.27. The number of phenolic OH excluding ortho intramolecular Hbond substituents is 1. The first kappa shape index (κ1) is 14.9. The number of nitrogens with one attached hydrogen (secondary N) is 1. The maximum Gasteiger partial charge on any atom is 0.145 e. The third-order valence-electron chi connectivity index (χ3n) is 4.04. The molecule has 0 atom stereocenters. The molecule has 2 heterocycles. The summed E-state index contributed by atoms with van der Waals surface area (Å²) in [5, 5.41) is 21.6. The van der Waals surface area contributed by atoms with Crippen LogP contribution in [0.15, 0.2) is 66.3 Å². The first-order chi connectivity index (χ1) is 11.8. The highest BCUT2D eigenvalue weighted by Gasteiger charge is 2.09. The van der Waals surface area contributed by atoms with Crippen LogP contribution in [0.4, 0.5) is 0 Å². The van der Waals surface area contributed by atoms with Gasteiger partial charge in [-0.15, -0.1) is 11.3 Å². The van der Waals surface area contributed by atoms with Crippen molar-refractivity contribution in [2.24, 2.45) is 0 Å². The lowest BCUT2D eigenvalue weighted by Gasteiger charge is -2.10. The van der Waals surface area contributed by atoms with Crippen LogP contribution >= 0.6 is 11.3 Å². The summed E-state index contributed by atoms with van der Waals surface area (Å²) >= 11 is 1.76. The number of benzene rings is 2. The van der Waals surface area contributed by atoms with Crippen molar-refractivity contribution >= 4 is 21.4 Å². The van der Waals surface area contributed by atoms with Crippen molar-refractivity contribution in [1.82, 2.24) is 15.1 Å². The summed E-state index contributed by atoms with van der Waals surface area (Å²) in [4.78, 5) is 0. The van der Waals surface area contributed by atoms with E-state index >= 15 is 0 Å². The Kier molecular flexibility index (Phi) is 4.02. The molecule has 0 aliphatic heterocycles. The maximum atomic E-state index is 10.5. The SMILES string of the molecule is Oc1c(CNCc2csc3ccccc23)cccc1-n1cccn1. The van der Waals surface area contributed by atoms with E-state index in [0.717, 1.165) is 12.1 Å². The zero-order chi connectivity index (χ0) is 16.4. The second kappa shape index (κ2) is 6.47. The first-order valence-corrected chi connectivity index (χ1v) is 8.67. The Balaban J connectivity index is 1.49. The lowest BCUT2D eigenvalue weighted by molar-refractivity contribution is 0.459. The number of para-hydroxylation sites is 1. The largest absolute Gasteiger partial charge is 0.505 e. The molecular weight excluding hydrogens is 318 g/mol. The molecule has 0 saturated heterocycles. The molecule has 4 nitrogen and oxygen atoms in total. The summed E-state index contributed by atoms with van der Waals surface area (Å²) in [6.07, 6.45) is 3.52. The molecule has 2 N–H and O–H groups in total. The normalized spacial score (nSPS) is 11.2. The topological polar surface area (TPSA) is 50.1 Å². The summed E-state index contributed by atoms with van der Waals surface area (Å²) in [5.41, 5.74) is 2.85. The van der Waals surface area contributed by atoms with Gasteiger partial charge in [-0.05, 0) is 34.5 Å². The number of aromatic nitrogens is 2. The van der Waals surface area contributed by atoms with Crippen molar-refractivity contribution in [3.8, 4) is 11.4 Å². The van der Waals surface area contributed by atoms with Gasteiger partial charge in [0.25, 0.3) is 0 Å². The number of fused-ring (bicyclic) bond motifs is 1. The first-order valence-electron chi connectivity index (χ1n) is 7.79. The minimum Gasteiger partial charge on any atom is -0.505 e. The molecule has 2 aromatic heterocycles. The molecule has 24 heavy (non-hydrogen) atoms. The van der Waals surface area contributed by atoms with E-state index in [1.807, 2.05) is 30.5 Å². The highest BCUT2D eigenvalue weighted by atomic mass is 32.1. The van der Waals surface area contributed by atoms with Crippen LogP contribution in [0.1, 0.15) is 11.1 Å². The number of aromatic hydroxyl groups is 1. The molecule has 0 saturated carbocycles. The van der Waals surface area contributed by atoms with E-state index in [-0.39, 0.29) is 5.75 Å². The van der Waals surface area contributed by atoms with Gasteiger partial charge in [0.05, 0.1) is 0 Å². The quantitative estimate of drug-likeness (QED) is 0.578. The fourth-order valence-electron chi connectivity index (χ4n) is 2.82. The fourth-order valence-corrected chi connectivity index (χ4v) is 3.78. The third kappa shape index (κ3) is 2.79. The molecule has 0 aliphatic rings. The summed E-state index contributed by atoms with van der Waals surface area (Å²) in [7, 11) is 0. The van der Waals surface area contributed by atoms with Gasteiger partial charge in [-0.25, -0.2) is 4.68 Å². The molecule has 0 bridgehead atoms. The molecule has 4 rings (SSSR count). The van der Waals surface area contributed by atoms with Gasteiger partial charge in [0.1, 0.15) is 11.4 Å². The van der Waals surface area contributed by atoms with Crippen LogP contribution in [0.2, 0.25) is 0 Å². The van der Waals surface area contributed by atoms with Crippen molar-refractivity contribution in [3.05, 3.63) is 77.4 Å². The van der Waals surface area contributed by atoms with E-state index < -0.39 is 0 Å². The minimum absolute atomic E-state index is 0.267. The molecule has 5 heteroatoms. The van der Waals surface area contributed by atoms with Crippen LogP contribution in [-0.2, 0) is 13.1 Å². The Morgan fingerprint density at radius 1 is 1.00 bits per heavy atom. The van der Waals surface area contributed by atoms with Crippen molar-refractivity contribution < 1.29 is 5.11 Å². The monoisotopic (exact) mass is 335 g/mol. The van der Waals surface area contributed by atoms with Crippen molar-refractivity contribution in [1.29, 1.82) is 0 Å². The van der Waals surface area contributed by atoms with Gasteiger partial charge in [0.15, 0.2) is 0 Å². The van der Waals surface area contributed by atoms with E-state index in [2.05, 4.69) is 40.1 Å². The van der Waals surface area contributed by atoms with E-state index in [4.69, 9.17) is 0 Å². The molecule has 0 fully saturated rings. The van der Waals surface area contributed by atoms with Gasteiger partial charge in [0, 0.05) is 35.7 Å². The number of rotatable bonds is 5. The average molecular weight is 335 g/mol. The van der Waals surface area contributed by atoms with Gasteiger partial charge < -0.3 is 10.4 Å². The van der Waals surface area contributed by atoms with Gasteiger partial charge in [0.2, 0.25) is 0 Å². The molecule has 0 aliphatic carbocycles. The molecule has 0 unspecified atom stereocenters. The zero-order valence-electron chi connectivity index (χ0n) is 13.0. The van der Waals surface area contributed by atoms with Gasteiger partial charge in [-0.1, -0.05) is 30.3 Å². The molecule has 2 aromatic carbocycles. The van der Waals surface area contributed by atoms with E-state index in [1.165, 1.54) is 15.6 Å². The van der Waals surface area contributed by atoms with Crippen molar-refractivity contribution in [2.75, 3.05) is 0 Å². The van der Waals surface area contributed by atoms with Crippen LogP contribution in [0.3, 0.4) is 0 Å². The van der Waals surface area contributed by atoms with Crippen LogP contribution in [0.25, 0.3) is 15.8 Å². The molecular formula is C19H17N3OS. The number of hydrogen-bond acceptors (Lipinski definition) is 4. The third-order valence-corrected chi connectivity index (χ3v) is 5.05. The lowest BCUT2D eigenvalue weighted by Crippen LogP contribution is -2.13. The van der Waals surface area contributed by atoms with Crippen LogP contribution in [0, 0.1) is 0 Å². The Hall–Kier alpha value is -2.63. The fraction of sp³-hybridized carbons (Fsp3) is 0.105. The van der Waals surface area contributed by atoms with E-state index in [1.54, 1.807) is 22.2 Å².